The minimum Gasteiger partial charge on any atom is -0.347 e. The van der Waals surface area contributed by atoms with Crippen LogP contribution in [-0.2, 0) is 20.2 Å². The predicted molar refractivity (Wildman–Crippen MR) is 101 cm³/mol. The summed E-state index contributed by atoms with van der Waals surface area (Å²) >= 11 is 0. The van der Waals surface area contributed by atoms with Crippen molar-refractivity contribution in [1.29, 1.82) is 0 Å². The second kappa shape index (κ2) is 6.15. The summed E-state index contributed by atoms with van der Waals surface area (Å²) in [5.41, 5.74) is 0.640. The van der Waals surface area contributed by atoms with E-state index in [1.165, 1.54) is 4.31 Å². The van der Waals surface area contributed by atoms with Gasteiger partial charge in [-0.3, -0.25) is 9.69 Å². The first-order chi connectivity index (χ1) is 12.7. The molecule has 27 heavy (non-hydrogen) atoms. The largest absolute Gasteiger partial charge is 0.347 e. The number of amides is 1. The number of benzene rings is 1. The molecule has 1 aromatic carbocycles. The van der Waals surface area contributed by atoms with Crippen LogP contribution in [0, 0.1) is 0 Å². The lowest BCUT2D eigenvalue weighted by Gasteiger charge is -2.37. The summed E-state index contributed by atoms with van der Waals surface area (Å²) in [5, 5.41) is 2.81. The third-order valence-electron chi connectivity index (χ3n) is 5.56. The van der Waals surface area contributed by atoms with Crippen LogP contribution in [0.25, 0.3) is 0 Å². The normalized spacial score (nSPS) is 23.2. The smallest absolute Gasteiger partial charge is 0.243 e. The Balaban J connectivity index is 1.66. The highest BCUT2D eigenvalue weighted by Gasteiger charge is 2.40. The van der Waals surface area contributed by atoms with Crippen LogP contribution < -0.4 is 5.32 Å². The molecule has 0 spiro atoms. The van der Waals surface area contributed by atoms with Crippen LogP contribution in [0.3, 0.4) is 0 Å². The number of rotatable bonds is 3. The number of hydrogen-bond donors (Lipinski definition) is 2. The number of H-pyrrole nitrogens is 1. The monoisotopic (exact) mass is 389 g/mol. The summed E-state index contributed by atoms with van der Waals surface area (Å²) in [6.07, 6.45) is 3.41. The van der Waals surface area contributed by atoms with Crippen molar-refractivity contribution in [2.45, 2.75) is 30.2 Å². The van der Waals surface area contributed by atoms with Gasteiger partial charge in [0.05, 0.1) is 16.4 Å². The van der Waals surface area contributed by atoms with Crippen molar-refractivity contribution < 1.29 is 13.2 Å². The minimum absolute atomic E-state index is 0.121. The second-order valence-corrected chi connectivity index (χ2v) is 9.56. The number of fused-ring (bicyclic) bond motifs is 1. The molecule has 4 rings (SSSR count). The maximum atomic E-state index is 13.3. The quantitative estimate of drug-likeness (QED) is 0.825. The molecule has 1 aromatic heterocycles. The van der Waals surface area contributed by atoms with Gasteiger partial charge in [-0.2, -0.15) is 4.31 Å². The summed E-state index contributed by atoms with van der Waals surface area (Å²) < 4.78 is 28.0. The summed E-state index contributed by atoms with van der Waals surface area (Å²) in [4.78, 5) is 21.8. The molecule has 2 N–H and O–H groups in total. The zero-order valence-corrected chi connectivity index (χ0v) is 16.4. The maximum Gasteiger partial charge on any atom is 0.243 e. The summed E-state index contributed by atoms with van der Waals surface area (Å²) in [6.45, 7) is 4.94. The van der Waals surface area contributed by atoms with Gasteiger partial charge in [0, 0.05) is 37.7 Å². The summed E-state index contributed by atoms with van der Waals surface area (Å²) in [6, 6.07) is 4.74. The van der Waals surface area contributed by atoms with Crippen molar-refractivity contribution in [3.8, 4) is 0 Å². The number of nitrogens with zero attached hydrogens (tertiary/aromatic N) is 3. The highest BCUT2D eigenvalue weighted by Crippen LogP contribution is 2.39. The highest BCUT2D eigenvalue weighted by atomic mass is 32.2. The van der Waals surface area contributed by atoms with Crippen molar-refractivity contribution >= 4 is 21.6 Å². The summed E-state index contributed by atoms with van der Waals surface area (Å²) in [7, 11) is -1.71. The van der Waals surface area contributed by atoms with E-state index in [1.807, 2.05) is 7.05 Å². The molecule has 1 amide bonds. The number of piperazine rings is 1. The first kappa shape index (κ1) is 18.1. The third-order valence-corrected chi connectivity index (χ3v) is 7.42. The Labute approximate surface area is 158 Å². The molecule has 2 aliphatic rings. The number of aromatic nitrogens is 2. The number of imidazole rings is 1. The molecule has 1 fully saturated rings. The van der Waals surface area contributed by atoms with Crippen molar-refractivity contribution in [1.82, 2.24) is 19.2 Å². The van der Waals surface area contributed by atoms with Gasteiger partial charge in [0.2, 0.25) is 15.9 Å². The molecule has 0 bridgehead atoms. The lowest BCUT2D eigenvalue weighted by Crippen LogP contribution is -2.49. The van der Waals surface area contributed by atoms with Gasteiger partial charge in [-0.1, -0.05) is 0 Å². The van der Waals surface area contributed by atoms with Crippen LogP contribution in [0.1, 0.15) is 31.3 Å². The zero-order chi connectivity index (χ0) is 19.4. The van der Waals surface area contributed by atoms with E-state index in [0.717, 1.165) is 5.82 Å². The SMILES string of the molecule is CN1CCN(S(=O)(=O)c2ccc3c(c2)C(C)(C)C(=O)N3)C[C@H]1c1ncc[nH]1. The molecule has 0 aliphatic carbocycles. The van der Waals surface area contributed by atoms with Gasteiger partial charge in [0.15, 0.2) is 0 Å². The lowest BCUT2D eigenvalue weighted by molar-refractivity contribution is -0.119. The Morgan fingerprint density at radius 3 is 2.74 bits per heavy atom. The van der Waals surface area contributed by atoms with Gasteiger partial charge < -0.3 is 10.3 Å². The van der Waals surface area contributed by atoms with E-state index >= 15 is 0 Å². The fourth-order valence-corrected chi connectivity index (χ4v) is 5.15. The van der Waals surface area contributed by atoms with Crippen LogP contribution in [0.15, 0.2) is 35.5 Å². The fraction of sp³-hybridized carbons (Fsp3) is 0.444. The number of likely N-dealkylation sites (N-methyl/N-ethyl adjacent to an activating group) is 1. The highest BCUT2D eigenvalue weighted by molar-refractivity contribution is 7.89. The Bertz CT molecular complexity index is 984. The molecule has 0 saturated carbocycles. The predicted octanol–water partition coefficient (Wildman–Crippen LogP) is 1.32. The molecule has 1 atom stereocenters. The van der Waals surface area contributed by atoms with E-state index in [2.05, 4.69) is 20.2 Å². The van der Waals surface area contributed by atoms with Crippen molar-refractivity contribution in [3.63, 3.8) is 0 Å². The number of sulfonamides is 1. The molecule has 2 aromatic rings. The van der Waals surface area contributed by atoms with Gasteiger partial charge in [-0.25, -0.2) is 13.4 Å². The van der Waals surface area contributed by atoms with E-state index in [0.29, 0.717) is 30.9 Å². The van der Waals surface area contributed by atoms with Crippen LogP contribution in [0.5, 0.6) is 0 Å². The average Bonchev–Trinajstić information content (AvgIpc) is 3.23. The van der Waals surface area contributed by atoms with Crippen LogP contribution in [-0.4, -0.2) is 60.2 Å². The van der Waals surface area contributed by atoms with E-state index in [9.17, 15) is 13.2 Å². The molecule has 0 radical (unpaired) electrons. The van der Waals surface area contributed by atoms with Crippen LogP contribution in [0.2, 0.25) is 0 Å². The Morgan fingerprint density at radius 2 is 2.04 bits per heavy atom. The fourth-order valence-electron chi connectivity index (χ4n) is 3.68. The number of aromatic amines is 1. The molecule has 2 aliphatic heterocycles. The Kier molecular flexibility index (Phi) is 4.13. The van der Waals surface area contributed by atoms with Gasteiger partial charge in [-0.15, -0.1) is 0 Å². The summed E-state index contributed by atoms with van der Waals surface area (Å²) in [5.74, 6) is 0.631. The average molecular weight is 389 g/mol. The molecule has 8 nitrogen and oxygen atoms in total. The van der Waals surface area contributed by atoms with E-state index < -0.39 is 15.4 Å². The lowest BCUT2D eigenvalue weighted by atomic mass is 9.86. The molecule has 0 unspecified atom stereocenters. The Hall–Kier alpha value is -2.23. The maximum absolute atomic E-state index is 13.3. The molecule has 3 heterocycles. The van der Waals surface area contributed by atoms with E-state index in [4.69, 9.17) is 0 Å². The molecule has 1 saturated heterocycles. The first-order valence-electron chi connectivity index (χ1n) is 8.87. The molecular weight excluding hydrogens is 366 g/mol. The van der Waals surface area contributed by atoms with E-state index in [1.54, 1.807) is 44.4 Å². The molecular formula is C18H23N5O3S. The number of carbonyl (C=O) groups excluding carboxylic acids is 1. The first-order valence-corrected chi connectivity index (χ1v) is 10.3. The van der Waals surface area contributed by atoms with Gasteiger partial charge >= 0.3 is 0 Å². The van der Waals surface area contributed by atoms with Crippen molar-refractivity contribution in [3.05, 3.63) is 42.0 Å². The molecule has 144 valence electrons. The van der Waals surface area contributed by atoms with E-state index in [-0.39, 0.29) is 16.8 Å². The topological polar surface area (TPSA) is 98.4 Å². The standard InChI is InChI=1S/C18H23N5O3S/c1-18(2)13-10-12(4-5-14(13)21-17(18)24)27(25,26)23-9-8-22(3)15(11-23)16-19-6-7-20-16/h4-7,10,15H,8-9,11H2,1-3H3,(H,19,20)(H,21,24)/t15-/m0/s1. The van der Waals surface area contributed by atoms with Crippen molar-refractivity contribution in [2.24, 2.45) is 0 Å². The Morgan fingerprint density at radius 1 is 1.26 bits per heavy atom. The minimum atomic E-state index is -3.67. The van der Waals surface area contributed by atoms with Gasteiger partial charge in [0.1, 0.15) is 5.82 Å². The number of nitrogens with one attached hydrogen (secondary N) is 2. The number of hydrogen-bond acceptors (Lipinski definition) is 5. The van der Waals surface area contributed by atoms with Crippen LogP contribution >= 0.6 is 0 Å². The van der Waals surface area contributed by atoms with Gasteiger partial charge in [0.25, 0.3) is 0 Å². The molecule has 9 heteroatoms. The number of carbonyl (C=O) groups is 1. The van der Waals surface area contributed by atoms with Crippen molar-refractivity contribution in [2.75, 3.05) is 32.0 Å². The number of anilines is 1. The second-order valence-electron chi connectivity index (χ2n) is 7.62. The van der Waals surface area contributed by atoms with Gasteiger partial charge in [-0.05, 0) is 44.7 Å². The van der Waals surface area contributed by atoms with Crippen LogP contribution in [0.4, 0.5) is 5.69 Å². The third kappa shape index (κ3) is 2.86. The zero-order valence-electron chi connectivity index (χ0n) is 15.6.